The van der Waals surface area contributed by atoms with Gasteiger partial charge in [-0.25, -0.2) is 4.79 Å². The van der Waals surface area contributed by atoms with Gasteiger partial charge in [0.25, 0.3) is 0 Å². The highest BCUT2D eigenvalue weighted by atomic mass is 35.5. The van der Waals surface area contributed by atoms with E-state index in [1.807, 2.05) is 38.1 Å². The van der Waals surface area contributed by atoms with E-state index in [1.54, 1.807) is 4.90 Å². The molecule has 2 N–H and O–H groups in total. The second-order valence-electron chi connectivity index (χ2n) is 5.81. The van der Waals surface area contributed by atoms with Crippen molar-refractivity contribution in [1.29, 1.82) is 0 Å². The van der Waals surface area contributed by atoms with Crippen LogP contribution >= 0.6 is 11.6 Å². The lowest BCUT2D eigenvalue weighted by Gasteiger charge is -2.34. The summed E-state index contributed by atoms with van der Waals surface area (Å²) < 4.78 is 5.37. The molecular formula is C16H23ClN2O3. The van der Waals surface area contributed by atoms with Crippen LogP contribution in [0.4, 0.5) is 4.79 Å². The first kappa shape index (κ1) is 17.1. The zero-order valence-corrected chi connectivity index (χ0v) is 13.7. The Labute approximate surface area is 136 Å². The van der Waals surface area contributed by atoms with Crippen molar-refractivity contribution in [2.24, 2.45) is 5.92 Å². The fourth-order valence-electron chi connectivity index (χ4n) is 2.57. The molecule has 0 aliphatic carbocycles. The van der Waals surface area contributed by atoms with Crippen LogP contribution < -0.4 is 5.32 Å². The molecule has 5 nitrogen and oxygen atoms in total. The molecule has 0 aromatic heterocycles. The Balaban J connectivity index is 2.08. The molecule has 0 spiro atoms. The summed E-state index contributed by atoms with van der Waals surface area (Å²) in [6.45, 7) is 5.37. The number of hydrogen-bond donors (Lipinski definition) is 2. The number of nitrogens with zero attached hydrogens (tertiary/aromatic N) is 1. The van der Waals surface area contributed by atoms with Crippen LogP contribution in [0.15, 0.2) is 24.3 Å². The van der Waals surface area contributed by atoms with E-state index in [-0.39, 0.29) is 30.7 Å². The van der Waals surface area contributed by atoms with Gasteiger partial charge in [0.1, 0.15) is 0 Å². The molecule has 122 valence electrons. The van der Waals surface area contributed by atoms with Gasteiger partial charge >= 0.3 is 6.03 Å². The van der Waals surface area contributed by atoms with Crippen LogP contribution in [0, 0.1) is 5.92 Å². The number of ether oxygens (including phenoxy) is 1. The fourth-order valence-corrected chi connectivity index (χ4v) is 2.82. The maximum absolute atomic E-state index is 12.5. The third kappa shape index (κ3) is 4.12. The number of nitrogens with one attached hydrogen (secondary N) is 1. The smallest absolute Gasteiger partial charge is 0.318 e. The second kappa shape index (κ2) is 7.81. The minimum atomic E-state index is -0.308. The summed E-state index contributed by atoms with van der Waals surface area (Å²) in [4.78, 5) is 14.2. The molecule has 1 heterocycles. The maximum atomic E-state index is 12.5. The lowest BCUT2D eigenvalue weighted by atomic mass is 9.96. The van der Waals surface area contributed by atoms with Crippen molar-refractivity contribution in [2.75, 3.05) is 26.3 Å². The van der Waals surface area contributed by atoms with Crippen molar-refractivity contribution in [3.8, 4) is 0 Å². The summed E-state index contributed by atoms with van der Waals surface area (Å²) in [5, 5.41) is 12.9. The van der Waals surface area contributed by atoms with Gasteiger partial charge in [0.15, 0.2) is 0 Å². The average molecular weight is 327 g/mol. The number of aliphatic hydroxyl groups is 1. The van der Waals surface area contributed by atoms with E-state index in [1.165, 1.54) is 0 Å². The molecule has 0 radical (unpaired) electrons. The Morgan fingerprint density at radius 1 is 1.50 bits per heavy atom. The highest BCUT2D eigenvalue weighted by Crippen LogP contribution is 2.28. The number of carbonyl (C=O) groups excluding carboxylic acids is 1. The van der Waals surface area contributed by atoms with Crippen molar-refractivity contribution >= 4 is 17.6 Å². The van der Waals surface area contributed by atoms with Gasteiger partial charge in [0.05, 0.1) is 31.9 Å². The number of rotatable bonds is 4. The zero-order valence-electron chi connectivity index (χ0n) is 13.0. The van der Waals surface area contributed by atoms with E-state index in [2.05, 4.69) is 5.32 Å². The molecule has 1 fully saturated rings. The van der Waals surface area contributed by atoms with E-state index in [0.29, 0.717) is 24.7 Å². The van der Waals surface area contributed by atoms with Crippen LogP contribution in [-0.4, -0.2) is 48.4 Å². The fraction of sp³-hybridized carbons (Fsp3) is 0.562. The van der Waals surface area contributed by atoms with Gasteiger partial charge in [0.2, 0.25) is 0 Å². The van der Waals surface area contributed by atoms with Crippen molar-refractivity contribution in [1.82, 2.24) is 10.2 Å². The first-order chi connectivity index (χ1) is 10.5. The number of aliphatic hydroxyl groups excluding tert-OH is 1. The number of benzene rings is 1. The Kier molecular flexibility index (Phi) is 6.06. The predicted molar refractivity (Wildman–Crippen MR) is 86.0 cm³/mol. The van der Waals surface area contributed by atoms with E-state index in [0.717, 1.165) is 5.56 Å². The molecule has 0 bridgehead atoms. The van der Waals surface area contributed by atoms with Crippen molar-refractivity contribution in [3.05, 3.63) is 34.9 Å². The van der Waals surface area contributed by atoms with Gasteiger partial charge in [-0.2, -0.15) is 0 Å². The normalized spacial score (nSPS) is 20.0. The minimum Gasteiger partial charge on any atom is -0.394 e. The summed E-state index contributed by atoms with van der Waals surface area (Å²) in [5.74, 6) is 0.207. The van der Waals surface area contributed by atoms with E-state index < -0.39 is 0 Å². The zero-order chi connectivity index (χ0) is 16.1. The standard InChI is InChI=1S/C16H23ClN2O3/c1-11(2)15(13-5-3-4-6-14(13)17)18-16(21)19-7-8-22-12(9-19)10-20/h3-6,11-12,15,20H,7-10H2,1-2H3,(H,18,21). The third-order valence-corrected chi connectivity index (χ3v) is 4.16. The molecule has 2 rings (SSSR count). The quantitative estimate of drug-likeness (QED) is 0.893. The number of morpholine rings is 1. The molecule has 1 aliphatic heterocycles. The van der Waals surface area contributed by atoms with Crippen molar-refractivity contribution in [3.63, 3.8) is 0 Å². The largest absolute Gasteiger partial charge is 0.394 e. The highest BCUT2D eigenvalue weighted by molar-refractivity contribution is 6.31. The Hall–Kier alpha value is -1.30. The summed E-state index contributed by atoms with van der Waals surface area (Å²) in [6, 6.07) is 7.24. The van der Waals surface area contributed by atoms with Crippen LogP contribution in [0.5, 0.6) is 0 Å². The topological polar surface area (TPSA) is 61.8 Å². The van der Waals surface area contributed by atoms with Crippen LogP contribution in [0.1, 0.15) is 25.5 Å². The first-order valence-corrected chi connectivity index (χ1v) is 7.93. The lowest BCUT2D eigenvalue weighted by Crippen LogP contribution is -2.51. The molecule has 2 unspecified atom stereocenters. The summed E-state index contributed by atoms with van der Waals surface area (Å²) in [6.07, 6.45) is -0.308. The Morgan fingerprint density at radius 2 is 2.23 bits per heavy atom. The lowest BCUT2D eigenvalue weighted by molar-refractivity contribution is -0.0406. The van der Waals surface area contributed by atoms with E-state index in [9.17, 15) is 9.90 Å². The van der Waals surface area contributed by atoms with Crippen molar-refractivity contribution < 1.29 is 14.6 Å². The molecule has 1 aliphatic rings. The number of urea groups is 1. The number of amides is 2. The number of carbonyl (C=O) groups is 1. The van der Waals surface area contributed by atoms with Gasteiger partial charge in [-0.3, -0.25) is 0 Å². The number of halogens is 1. The van der Waals surface area contributed by atoms with Gasteiger partial charge in [-0.05, 0) is 17.5 Å². The molecule has 2 amide bonds. The Morgan fingerprint density at radius 3 is 2.86 bits per heavy atom. The molecule has 1 aromatic rings. The second-order valence-corrected chi connectivity index (χ2v) is 6.22. The Bertz CT molecular complexity index is 510. The van der Waals surface area contributed by atoms with Gasteiger partial charge in [0, 0.05) is 11.6 Å². The van der Waals surface area contributed by atoms with Crippen LogP contribution in [-0.2, 0) is 4.74 Å². The highest BCUT2D eigenvalue weighted by Gasteiger charge is 2.27. The van der Waals surface area contributed by atoms with Crippen LogP contribution in [0.25, 0.3) is 0 Å². The molecule has 1 aromatic carbocycles. The van der Waals surface area contributed by atoms with E-state index in [4.69, 9.17) is 16.3 Å². The van der Waals surface area contributed by atoms with Crippen molar-refractivity contribution in [2.45, 2.75) is 26.0 Å². The van der Waals surface area contributed by atoms with Gasteiger partial charge in [-0.1, -0.05) is 43.6 Å². The van der Waals surface area contributed by atoms with Crippen LogP contribution in [0.3, 0.4) is 0 Å². The molecule has 2 atom stereocenters. The van der Waals surface area contributed by atoms with Crippen LogP contribution in [0.2, 0.25) is 5.02 Å². The third-order valence-electron chi connectivity index (χ3n) is 3.82. The van der Waals surface area contributed by atoms with E-state index >= 15 is 0 Å². The molecule has 22 heavy (non-hydrogen) atoms. The summed E-state index contributed by atoms with van der Waals surface area (Å²) in [7, 11) is 0. The first-order valence-electron chi connectivity index (χ1n) is 7.55. The average Bonchev–Trinajstić information content (AvgIpc) is 2.53. The monoisotopic (exact) mass is 326 g/mol. The maximum Gasteiger partial charge on any atom is 0.318 e. The van der Waals surface area contributed by atoms with Gasteiger partial charge < -0.3 is 20.1 Å². The molecular weight excluding hydrogens is 304 g/mol. The predicted octanol–water partition coefficient (Wildman–Crippen LogP) is 2.44. The number of hydrogen-bond acceptors (Lipinski definition) is 3. The SMILES string of the molecule is CC(C)C(NC(=O)N1CCOC(CO)C1)c1ccccc1Cl. The minimum absolute atomic E-state index is 0.0814. The molecule has 6 heteroatoms. The summed E-state index contributed by atoms with van der Waals surface area (Å²) in [5.41, 5.74) is 0.916. The van der Waals surface area contributed by atoms with Gasteiger partial charge in [-0.15, -0.1) is 0 Å². The summed E-state index contributed by atoms with van der Waals surface area (Å²) >= 11 is 6.26. The molecule has 1 saturated heterocycles. The molecule has 0 saturated carbocycles.